The maximum Gasteiger partial charge on any atom is 0.296 e. The van der Waals surface area contributed by atoms with Crippen molar-refractivity contribution in [3.63, 3.8) is 0 Å². The summed E-state index contributed by atoms with van der Waals surface area (Å²) < 4.78 is 14.7. The summed E-state index contributed by atoms with van der Waals surface area (Å²) in [7, 11) is 3.23. The highest BCUT2D eigenvalue weighted by molar-refractivity contribution is 7.17. The Morgan fingerprint density at radius 3 is 2.50 bits per heavy atom. The van der Waals surface area contributed by atoms with Crippen molar-refractivity contribution in [2.24, 2.45) is 0 Å². The number of rotatable bonds is 5. The molecule has 0 radical (unpaired) electrons. The van der Waals surface area contributed by atoms with E-state index in [4.69, 9.17) is 0 Å². The number of thiazole rings is 1. The van der Waals surface area contributed by atoms with Crippen LogP contribution in [-0.2, 0) is 0 Å². The van der Waals surface area contributed by atoms with Gasteiger partial charge in [0.1, 0.15) is 11.5 Å². The Morgan fingerprint density at radius 1 is 1.21 bits per heavy atom. The molecule has 0 unspecified atom stereocenters. The molecule has 1 aromatic carbocycles. The first-order chi connectivity index (χ1) is 13.3. The Hall–Kier alpha value is -2.91. The van der Waals surface area contributed by atoms with Crippen molar-refractivity contribution in [1.82, 2.24) is 25.2 Å². The molecule has 2 heterocycles. The Kier molecular flexibility index (Phi) is 5.66. The lowest BCUT2D eigenvalue weighted by molar-refractivity contribution is 0.0735. The molecule has 0 fully saturated rings. The molecule has 9 heteroatoms. The summed E-state index contributed by atoms with van der Waals surface area (Å²) in [6.07, 6.45) is 0. The van der Waals surface area contributed by atoms with Crippen molar-refractivity contribution in [3.05, 3.63) is 57.6 Å². The molecule has 0 saturated carbocycles. The number of hydrogen-bond acceptors (Lipinski definition) is 6. The van der Waals surface area contributed by atoms with E-state index in [9.17, 15) is 14.0 Å². The molecule has 0 saturated heterocycles. The van der Waals surface area contributed by atoms with Crippen LogP contribution in [0.15, 0.2) is 41.2 Å². The highest BCUT2D eigenvalue weighted by Crippen LogP contribution is 2.36. The zero-order valence-corrected chi connectivity index (χ0v) is 16.7. The third kappa shape index (κ3) is 3.85. The molecular weight excluding hydrogens is 381 g/mol. The number of benzene rings is 1. The van der Waals surface area contributed by atoms with Gasteiger partial charge in [-0.15, -0.1) is 11.3 Å². The van der Waals surface area contributed by atoms with E-state index in [0.717, 1.165) is 0 Å². The summed E-state index contributed by atoms with van der Waals surface area (Å²) in [6, 6.07) is 8.80. The molecule has 2 aromatic heterocycles. The molecule has 28 heavy (non-hydrogen) atoms. The normalized spacial score (nSPS) is 11.1. The third-order valence-corrected chi connectivity index (χ3v) is 5.18. The van der Waals surface area contributed by atoms with Crippen LogP contribution in [0.2, 0.25) is 0 Å². The number of amides is 1. The largest absolute Gasteiger partial charge is 0.296 e. The third-order valence-electron chi connectivity index (χ3n) is 4.11. The van der Waals surface area contributed by atoms with Gasteiger partial charge in [-0.25, -0.2) is 19.5 Å². The van der Waals surface area contributed by atoms with Gasteiger partial charge >= 0.3 is 0 Å². The summed E-state index contributed by atoms with van der Waals surface area (Å²) in [4.78, 5) is 29.7. The van der Waals surface area contributed by atoms with Crippen LogP contribution in [0, 0.1) is 5.82 Å². The van der Waals surface area contributed by atoms with Gasteiger partial charge in [-0.1, -0.05) is 0 Å². The number of halogens is 1. The Morgan fingerprint density at radius 2 is 1.89 bits per heavy atom. The molecular formula is C19H20FN5O2S. The minimum atomic E-state index is -0.363. The number of nitrogens with one attached hydrogen (secondary N) is 1. The summed E-state index contributed by atoms with van der Waals surface area (Å²) >= 11 is 1.18. The number of aromatic nitrogens is 3. The van der Waals surface area contributed by atoms with Crippen molar-refractivity contribution in [2.45, 2.75) is 19.9 Å². The predicted octanol–water partition coefficient (Wildman–Crippen LogP) is 2.96. The molecule has 1 amide bonds. The average molecular weight is 401 g/mol. The molecule has 0 aliphatic heterocycles. The van der Waals surface area contributed by atoms with E-state index in [1.807, 2.05) is 13.8 Å². The van der Waals surface area contributed by atoms with Crippen LogP contribution in [0.4, 0.5) is 4.39 Å². The number of carbonyl (C=O) groups is 1. The van der Waals surface area contributed by atoms with E-state index in [-0.39, 0.29) is 28.3 Å². The number of hydrazine groups is 1. The van der Waals surface area contributed by atoms with E-state index in [1.54, 1.807) is 32.3 Å². The van der Waals surface area contributed by atoms with Crippen molar-refractivity contribution in [3.8, 4) is 21.8 Å². The zero-order chi connectivity index (χ0) is 20.4. The van der Waals surface area contributed by atoms with E-state index < -0.39 is 0 Å². The second-order valence-corrected chi connectivity index (χ2v) is 7.39. The minimum Gasteiger partial charge on any atom is -0.275 e. The van der Waals surface area contributed by atoms with Crippen LogP contribution >= 0.6 is 11.3 Å². The van der Waals surface area contributed by atoms with Crippen molar-refractivity contribution in [1.29, 1.82) is 0 Å². The maximum absolute atomic E-state index is 13.4. The quantitative estimate of drug-likeness (QED) is 0.665. The van der Waals surface area contributed by atoms with Gasteiger partial charge in [0.15, 0.2) is 5.01 Å². The molecule has 0 bridgehead atoms. The topological polar surface area (TPSA) is 80.1 Å². The molecule has 0 atom stereocenters. The standard InChI is InChI=1S/C19H20FN5O2S/c1-11(2)25-15(26)10-9-14(23-25)17-16(12-5-7-13(20)8-6-12)22-18(28-17)19(27)24(4)21-3/h5-11,21H,1-4H3. The fraction of sp³-hybridized carbons (Fsp3) is 0.263. The summed E-state index contributed by atoms with van der Waals surface area (Å²) in [5.74, 6) is -0.669. The van der Waals surface area contributed by atoms with Gasteiger partial charge in [0, 0.05) is 25.7 Å². The van der Waals surface area contributed by atoms with E-state index >= 15 is 0 Å². The Labute approximate surface area is 165 Å². The summed E-state index contributed by atoms with van der Waals surface area (Å²) in [5, 5.41) is 6.02. The van der Waals surface area contributed by atoms with E-state index in [0.29, 0.717) is 21.8 Å². The Balaban J connectivity index is 2.20. The van der Waals surface area contributed by atoms with Gasteiger partial charge in [0.2, 0.25) is 0 Å². The zero-order valence-electron chi connectivity index (χ0n) is 15.9. The predicted molar refractivity (Wildman–Crippen MR) is 107 cm³/mol. The van der Waals surface area contributed by atoms with Crippen LogP contribution in [0.3, 0.4) is 0 Å². The second kappa shape index (κ2) is 7.99. The van der Waals surface area contributed by atoms with Crippen molar-refractivity contribution in [2.75, 3.05) is 14.1 Å². The average Bonchev–Trinajstić information content (AvgIpc) is 3.12. The number of nitrogens with zero attached hydrogens (tertiary/aromatic N) is 4. The molecule has 146 valence electrons. The molecule has 0 aliphatic carbocycles. The number of hydrogen-bond donors (Lipinski definition) is 1. The SMILES string of the molecule is CNN(C)C(=O)c1nc(-c2ccc(F)cc2)c(-c2ccc(=O)n(C(C)C)n2)s1. The number of carbonyl (C=O) groups excluding carboxylic acids is 1. The van der Waals surface area contributed by atoms with Gasteiger partial charge in [-0.3, -0.25) is 14.6 Å². The summed E-state index contributed by atoms with van der Waals surface area (Å²) in [6.45, 7) is 3.73. The lowest BCUT2D eigenvalue weighted by Crippen LogP contribution is -2.36. The smallest absolute Gasteiger partial charge is 0.275 e. The van der Waals surface area contributed by atoms with Crippen LogP contribution in [0.5, 0.6) is 0 Å². The lowest BCUT2D eigenvalue weighted by atomic mass is 10.1. The molecule has 7 nitrogen and oxygen atoms in total. The Bertz CT molecular complexity index is 1060. The first-order valence-corrected chi connectivity index (χ1v) is 9.46. The monoisotopic (exact) mass is 401 g/mol. The minimum absolute atomic E-state index is 0.119. The van der Waals surface area contributed by atoms with Crippen LogP contribution in [-0.4, -0.2) is 39.8 Å². The van der Waals surface area contributed by atoms with Gasteiger partial charge in [-0.05, 0) is 44.2 Å². The van der Waals surface area contributed by atoms with Gasteiger partial charge in [-0.2, -0.15) is 5.10 Å². The fourth-order valence-corrected chi connectivity index (χ4v) is 3.58. The first kappa shape index (κ1) is 19.8. The fourth-order valence-electron chi connectivity index (χ4n) is 2.55. The highest BCUT2D eigenvalue weighted by Gasteiger charge is 2.22. The van der Waals surface area contributed by atoms with Gasteiger partial charge in [0.05, 0.1) is 16.6 Å². The molecule has 0 spiro atoms. The van der Waals surface area contributed by atoms with E-state index in [2.05, 4.69) is 15.5 Å². The maximum atomic E-state index is 13.4. The van der Waals surface area contributed by atoms with E-state index in [1.165, 1.54) is 39.2 Å². The first-order valence-electron chi connectivity index (χ1n) is 8.64. The second-order valence-electron chi connectivity index (χ2n) is 6.39. The van der Waals surface area contributed by atoms with Crippen LogP contribution in [0.1, 0.15) is 29.7 Å². The van der Waals surface area contributed by atoms with Crippen molar-refractivity contribution < 1.29 is 9.18 Å². The van der Waals surface area contributed by atoms with Gasteiger partial charge < -0.3 is 0 Å². The molecule has 3 aromatic rings. The van der Waals surface area contributed by atoms with Crippen molar-refractivity contribution >= 4 is 17.2 Å². The van der Waals surface area contributed by atoms with Gasteiger partial charge in [0.25, 0.3) is 11.5 Å². The molecule has 3 rings (SSSR count). The molecule has 1 N–H and O–H groups in total. The highest BCUT2D eigenvalue weighted by atomic mass is 32.1. The van der Waals surface area contributed by atoms with Crippen LogP contribution in [0.25, 0.3) is 21.8 Å². The molecule has 0 aliphatic rings. The summed E-state index contributed by atoms with van der Waals surface area (Å²) in [5.41, 5.74) is 4.23. The van der Waals surface area contributed by atoms with Crippen LogP contribution < -0.4 is 11.0 Å². The lowest BCUT2D eigenvalue weighted by Gasteiger charge is -2.12.